The van der Waals surface area contributed by atoms with Crippen LogP contribution in [0.3, 0.4) is 0 Å². The van der Waals surface area contributed by atoms with Crippen LogP contribution >= 0.6 is 23.2 Å². The molecule has 5 nitrogen and oxygen atoms in total. The summed E-state index contributed by atoms with van der Waals surface area (Å²) in [5.74, 6) is 0.596. The average molecular weight is 320 g/mol. The number of nitrogens with zero attached hydrogens (tertiary/aromatic N) is 4. The Morgan fingerprint density at radius 2 is 1.86 bits per heavy atom. The van der Waals surface area contributed by atoms with Crippen molar-refractivity contribution in [2.45, 2.75) is 6.92 Å². The molecule has 0 amide bonds. The number of nitrogens with two attached hydrogens (primary N) is 1. The zero-order valence-corrected chi connectivity index (χ0v) is 12.6. The lowest BCUT2D eigenvalue weighted by Crippen LogP contribution is -2.01. The summed E-state index contributed by atoms with van der Waals surface area (Å²) < 4.78 is 1.60. The fraction of sp³-hybridized carbons (Fsp3) is 0.0714. The minimum atomic E-state index is 0.444. The van der Waals surface area contributed by atoms with Gasteiger partial charge in [0.15, 0.2) is 5.82 Å². The van der Waals surface area contributed by atoms with Crippen LogP contribution in [-0.2, 0) is 0 Å². The highest BCUT2D eigenvalue weighted by molar-refractivity contribution is 6.42. The Morgan fingerprint density at radius 1 is 1.05 bits per heavy atom. The van der Waals surface area contributed by atoms with E-state index in [0.29, 0.717) is 21.6 Å². The summed E-state index contributed by atoms with van der Waals surface area (Å²) >= 11 is 12.0. The molecule has 0 radical (unpaired) electrons. The van der Waals surface area contributed by atoms with Crippen LogP contribution in [-0.4, -0.2) is 20.2 Å². The summed E-state index contributed by atoms with van der Waals surface area (Å²) in [6.07, 6.45) is 0. The van der Waals surface area contributed by atoms with Gasteiger partial charge in [-0.15, -0.1) is 5.10 Å². The Labute approximate surface area is 131 Å². The molecule has 1 heterocycles. The quantitative estimate of drug-likeness (QED) is 0.733. The van der Waals surface area contributed by atoms with Crippen molar-refractivity contribution in [3.63, 3.8) is 0 Å². The second-order valence-electron chi connectivity index (χ2n) is 4.59. The van der Waals surface area contributed by atoms with Gasteiger partial charge in [-0.1, -0.05) is 29.3 Å². The van der Waals surface area contributed by atoms with Gasteiger partial charge in [-0.3, -0.25) is 0 Å². The zero-order valence-electron chi connectivity index (χ0n) is 11.1. The van der Waals surface area contributed by atoms with Crippen molar-refractivity contribution in [1.29, 1.82) is 0 Å². The van der Waals surface area contributed by atoms with Crippen molar-refractivity contribution in [3.8, 4) is 17.1 Å². The standard InChI is InChI=1S/C14H11Cl2N5/c1-8-2-3-9(17)6-11(8)14-18-19-20-21(14)10-4-5-12(15)13(16)7-10/h2-7H,17H2,1H3. The van der Waals surface area contributed by atoms with Crippen LogP contribution in [0.1, 0.15) is 5.56 Å². The van der Waals surface area contributed by atoms with E-state index in [1.807, 2.05) is 25.1 Å². The van der Waals surface area contributed by atoms with Crippen molar-refractivity contribution in [2.75, 3.05) is 5.73 Å². The predicted molar refractivity (Wildman–Crippen MR) is 83.8 cm³/mol. The van der Waals surface area contributed by atoms with Gasteiger partial charge in [0, 0.05) is 11.3 Å². The molecule has 3 rings (SSSR count). The number of rotatable bonds is 2. The minimum absolute atomic E-state index is 0.444. The maximum atomic E-state index is 6.05. The molecule has 3 aromatic rings. The highest BCUT2D eigenvalue weighted by atomic mass is 35.5. The maximum absolute atomic E-state index is 6.05. The predicted octanol–water partition coefficient (Wildman–Crippen LogP) is 3.53. The van der Waals surface area contributed by atoms with Crippen molar-refractivity contribution < 1.29 is 0 Å². The SMILES string of the molecule is Cc1ccc(N)cc1-c1nnnn1-c1ccc(Cl)c(Cl)c1. The summed E-state index contributed by atoms with van der Waals surface area (Å²) in [6.45, 7) is 1.97. The summed E-state index contributed by atoms with van der Waals surface area (Å²) in [7, 11) is 0. The first kappa shape index (κ1) is 13.9. The molecule has 0 fully saturated rings. The van der Waals surface area contributed by atoms with Gasteiger partial charge in [-0.2, -0.15) is 4.68 Å². The van der Waals surface area contributed by atoms with E-state index in [2.05, 4.69) is 15.5 Å². The molecule has 0 spiro atoms. The summed E-state index contributed by atoms with van der Waals surface area (Å²) in [5.41, 5.74) is 9.12. The molecular weight excluding hydrogens is 309 g/mol. The third-order valence-corrected chi connectivity index (χ3v) is 3.86. The van der Waals surface area contributed by atoms with Gasteiger partial charge in [-0.05, 0) is 53.2 Å². The van der Waals surface area contributed by atoms with E-state index in [1.54, 1.807) is 22.9 Å². The summed E-state index contributed by atoms with van der Waals surface area (Å²) in [4.78, 5) is 0. The number of hydrogen-bond acceptors (Lipinski definition) is 4. The molecule has 0 bridgehead atoms. The molecule has 0 saturated heterocycles. The summed E-state index contributed by atoms with van der Waals surface area (Å²) in [5, 5.41) is 12.8. The number of benzene rings is 2. The van der Waals surface area contributed by atoms with Crippen LogP contribution in [0.15, 0.2) is 36.4 Å². The van der Waals surface area contributed by atoms with Gasteiger partial charge in [0.05, 0.1) is 15.7 Å². The molecule has 0 unspecified atom stereocenters. The van der Waals surface area contributed by atoms with Gasteiger partial charge < -0.3 is 5.73 Å². The molecule has 0 aliphatic heterocycles. The summed E-state index contributed by atoms with van der Waals surface area (Å²) in [6, 6.07) is 10.8. The molecule has 21 heavy (non-hydrogen) atoms. The smallest absolute Gasteiger partial charge is 0.187 e. The van der Waals surface area contributed by atoms with E-state index in [1.165, 1.54) is 0 Å². The Morgan fingerprint density at radius 3 is 2.62 bits per heavy atom. The van der Waals surface area contributed by atoms with E-state index in [0.717, 1.165) is 16.8 Å². The first-order valence-electron chi connectivity index (χ1n) is 6.16. The van der Waals surface area contributed by atoms with Crippen molar-refractivity contribution in [3.05, 3.63) is 52.0 Å². The first-order chi connectivity index (χ1) is 10.1. The van der Waals surface area contributed by atoms with Crippen LogP contribution in [0.5, 0.6) is 0 Å². The van der Waals surface area contributed by atoms with Crippen molar-refractivity contribution in [2.24, 2.45) is 0 Å². The lowest BCUT2D eigenvalue weighted by Gasteiger charge is -2.08. The van der Waals surface area contributed by atoms with Crippen LogP contribution in [0.25, 0.3) is 17.1 Å². The number of nitrogen functional groups attached to an aromatic ring is 1. The number of halogens is 2. The minimum Gasteiger partial charge on any atom is -0.399 e. The Hall–Kier alpha value is -2.11. The monoisotopic (exact) mass is 319 g/mol. The zero-order chi connectivity index (χ0) is 15.0. The lowest BCUT2D eigenvalue weighted by molar-refractivity contribution is 0.791. The molecule has 0 aliphatic carbocycles. The van der Waals surface area contributed by atoms with Crippen LogP contribution in [0.2, 0.25) is 10.0 Å². The number of aromatic nitrogens is 4. The van der Waals surface area contributed by atoms with Crippen LogP contribution < -0.4 is 5.73 Å². The molecule has 2 N–H and O–H groups in total. The topological polar surface area (TPSA) is 69.6 Å². The Kier molecular flexibility index (Phi) is 3.53. The number of aryl methyl sites for hydroxylation is 1. The van der Waals surface area contributed by atoms with Gasteiger partial charge in [0.25, 0.3) is 0 Å². The molecular formula is C14H11Cl2N5. The molecule has 1 aromatic heterocycles. The number of tetrazole rings is 1. The molecule has 0 aliphatic rings. The lowest BCUT2D eigenvalue weighted by atomic mass is 10.1. The van der Waals surface area contributed by atoms with Crippen molar-refractivity contribution >= 4 is 28.9 Å². The fourth-order valence-electron chi connectivity index (χ4n) is 2.03. The average Bonchev–Trinajstić information content (AvgIpc) is 2.93. The van der Waals surface area contributed by atoms with Crippen LogP contribution in [0, 0.1) is 6.92 Å². The van der Waals surface area contributed by atoms with E-state index >= 15 is 0 Å². The van der Waals surface area contributed by atoms with Gasteiger partial charge >= 0.3 is 0 Å². The largest absolute Gasteiger partial charge is 0.399 e. The third-order valence-electron chi connectivity index (χ3n) is 3.12. The number of hydrogen-bond donors (Lipinski definition) is 1. The molecule has 0 atom stereocenters. The van der Waals surface area contributed by atoms with Gasteiger partial charge in [-0.25, -0.2) is 0 Å². The first-order valence-corrected chi connectivity index (χ1v) is 6.92. The second-order valence-corrected chi connectivity index (χ2v) is 5.40. The molecule has 7 heteroatoms. The normalized spacial score (nSPS) is 10.8. The van der Waals surface area contributed by atoms with E-state index in [4.69, 9.17) is 28.9 Å². The van der Waals surface area contributed by atoms with Crippen molar-refractivity contribution in [1.82, 2.24) is 20.2 Å². The van der Waals surface area contributed by atoms with E-state index in [-0.39, 0.29) is 0 Å². The third kappa shape index (κ3) is 2.57. The molecule has 2 aromatic carbocycles. The molecule has 106 valence electrons. The highest BCUT2D eigenvalue weighted by Crippen LogP contribution is 2.28. The second kappa shape index (κ2) is 5.35. The molecule has 0 saturated carbocycles. The van der Waals surface area contributed by atoms with Gasteiger partial charge in [0.1, 0.15) is 0 Å². The van der Waals surface area contributed by atoms with Crippen LogP contribution in [0.4, 0.5) is 5.69 Å². The fourth-order valence-corrected chi connectivity index (χ4v) is 2.32. The Balaban J connectivity index is 2.17. The Bertz CT molecular complexity index is 813. The number of anilines is 1. The highest BCUT2D eigenvalue weighted by Gasteiger charge is 2.14. The van der Waals surface area contributed by atoms with E-state index < -0.39 is 0 Å². The van der Waals surface area contributed by atoms with E-state index in [9.17, 15) is 0 Å². The maximum Gasteiger partial charge on any atom is 0.187 e. The van der Waals surface area contributed by atoms with Gasteiger partial charge in [0.2, 0.25) is 0 Å².